The normalized spacial score (nSPS) is 13.1. The minimum atomic E-state index is 0.325. The summed E-state index contributed by atoms with van der Waals surface area (Å²) in [6, 6.07) is 20.8. The van der Waals surface area contributed by atoms with E-state index in [1.165, 1.54) is 32.1 Å². The summed E-state index contributed by atoms with van der Waals surface area (Å²) < 4.78 is 0. The third-order valence-corrected chi connectivity index (χ3v) is 7.65. The molecule has 0 bridgehead atoms. The summed E-state index contributed by atoms with van der Waals surface area (Å²) in [5, 5.41) is 13.8. The van der Waals surface area contributed by atoms with Crippen LogP contribution in [0.15, 0.2) is 85.5 Å². The lowest BCUT2D eigenvalue weighted by Gasteiger charge is -2.22. The van der Waals surface area contributed by atoms with Crippen molar-refractivity contribution in [2.75, 3.05) is 21.3 Å². The fourth-order valence-corrected chi connectivity index (χ4v) is 5.08. The molecule has 0 aliphatic heterocycles. The maximum absolute atomic E-state index is 4.65. The fraction of sp³-hybridized carbons (Fsp3) is 0.429. The SMILES string of the molecule is CCCCCCC(CCC(C)CCC(C)Nc1cnc(Nc2ccccc2)cn1)Nc1cnc(Nc2ccccc2)cn1. The Labute approximate surface area is 257 Å². The molecule has 3 atom stereocenters. The molecule has 0 radical (unpaired) electrons. The van der Waals surface area contributed by atoms with E-state index in [-0.39, 0.29) is 0 Å². The smallest absolute Gasteiger partial charge is 0.149 e. The lowest BCUT2D eigenvalue weighted by atomic mass is 9.93. The molecule has 4 N–H and O–H groups in total. The van der Waals surface area contributed by atoms with Crippen LogP contribution in [-0.2, 0) is 0 Å². The van der Waals surface area contributed by atoms with Crippen LogP contribution < -0.4 is 21.3 Å². The number of anilines is 6. The molecule has 0 fully saturated rings. The highest BCUT2D eigenvalue weighted by Crippen LogP contribution is 2.22. The van der Waals surface area contributed by atoms with Gasteiger partial charge in [-0.3, -0.25) is 0 Å². The molecular formula is C35H48N8. The zero-order valence-corrected chi connectivity index (χ0v) is 26.0. The van der Waals surface area contributed by atoms with Gasteiger partial charge in [-0.25, -0.2) is 19.9 Å². The number of nitrogens with one attached hydrogen (secondary N) is 4. The van der Waals surface area contributed by atoms with Crippen molar-refractivity contribution in [1.29, 1.82) is 0 Å². The minimum absolute atomic E-state index is 0.325. The van der Waals surface area contributed by atoms with Crippen LogP contribution >= 0.6 is 0 Å². The van der Waals surface area contributed by atoms with Crippen LogP contribution in [0.2, 0.25) is 0 Å². The number of unbranched alkanes of at least 4 members (excludes halogenated alkanes) is 3. The maximum Gasteiger partial charge on any atom is 0.149 e. The number of nitrogens with zero attached hydrogens (tertiary/aromatic N) is 4. The Kier molecular flexibility index (Phi) is 13.1. The molecule has 0 saturated carbocycles. The predicted octanol–water partition coefficient (Wildman–Crippen LogP) is 9.20. The van der Waals surface area contributed by atoms with Crippen LogP contribution in [0.4, 0.5) is 34.6 Å². The molecule has 2 aromatic carbocycles. The summed E-state index contributed by atoms with van der Waals surface area (Å²) in [5.41, 5.74) is 2.01. The van der Waals surface area contributed by atoms with Crippen molar-refractivity contribution < 1.29 is 0 Å². The zero-order valence-electron chi connectivity index (χ0n) is 26.0. The van der Waals surface area contributed by atoms with Crippen molar-refractivity contribution in [1.82, 2.24) is 19.9 Å². The summed E-state index contributed by atoms with van der Waals surface area (Å²) in [5.74, 6) is 3.77. The molecule has 228 valence electrons. The Morgan fingerprint density at radius 1 is 0.535 bits per heavy atom. The molecule has 4 aromatic rings. The van der Waals surface area contributed by atoms with E-state index in [0.717, 1.165) is 60.3 Å². The summed E-state index contributed by atoms with van der Waals surface area (Å²) in [6.07, 6.45) is 18.0. The van der Waals surface area contributed by atoms with Crippen molar-refractivity contribution in [3.05, 3.63) is 85.5 Å². The minimum Gasteiger partial charge on any atom is -0.366 e. The number of benzene rings is 2. The van der Waals surface area contributed by atoms with E-state index >= 15 is 0 Å². The molecule has 4 rings (SSSR count). The van der Waals surface area contributed by atoms with E-state index in [1.54, 1.807) is 18.6 Å². The van der Waals surface area contributed by atoms with Gasteiger partial charge in [-0.05, 0) is 69.2 Å². The standard InChI is InChI=1S/C35H48N8/c1-4-5-6-9-18-31(43-35-26-38-34(25-39-35)42-30-16-12-8-13-17-30)22-20-27(2)19-21-28(3)40-32-23-37-33(24-36-32)41-29-14-10-7-11-15-29/h7-8,10-17,23-28,31H,4-6,9,18-22H2,1-3H3,(H,36,40)(H,37,41)(H,38,42)(H,39,43). The highest BCUT2D eigenvalue weighted by Gasteiger charge is 2.14. The van der Waals surface area contributed by atoms with Crippen molar-refractivity contribution in [2.24, 2.45) is 5.92 Å². The Morgan fingerprint density at radius 2 is 1.05 bits per heavy atom. The predicted molar refractivity (Wildman–Crippen MR) is 180 cm³/mol. The van der Waals surface area contributed by atoms with E-state index in [0.29, 0.717) is 18.0 Å². The molecule has 43 heavy (non-hydrogen) atoms. The molecule has 2 aromatic heterocycles. The van der Waals surface area contributed by atoms with E-state index < -0.39 is 0 Å². The molecule has 8 heteroatoms. The zero-order chi connectivity index (χ0) is 30.1. The molecule has 8 nitrogen and oxygen atoms in total. The highest BCUT2D eigenvalue weighted by molar-refractivity contribution is 5.56. The quantitative estimate of drug-likeness (QED) is 0.0815. The van der Waals surface area contributed by atoms with Crippen molar-refractivity contribution in [3.8, 4) is 0 Å². The van der Waals surface area contributed by atoms with Gasteiger partial charge in [0.1, 0.15) is 23.3 Å². The van der Waals surface area contributed by atoms with Gasteiger partial charge in [0.2, 0.25) is 0 Å². The van der Waals surface area contributed by atoms with Gasteiger partial charge in [0.25, 0.3) is 0 Å². The first-order valence-corrected chi connectivity index (χ1v) is 15.9. The number of para-hydroxylation sites is 2. The second kappa shape index (κ2) is 17.7. The first kappa shape index (κ1) is 31.7. The van der Waals surface area contributed by atoms with E-state index in [9.17, 15) is 0 Å². The monoisotopic (exact) mass is 580 g/mol. The summed E-state index contributed by atoms with van der Waals surface area (Å²) in [6.45, 7) is 6.85. The van der Waals surface area contributed by atoms with Crippen LogP contribution in [0.25, 0.3) is 0 Å². The Morgan fingerprint density at radius 3 is 1.58 bits per heavy atom. The van der Waals surface area contributed by atoms with Gasteiger partial charge in [-0.2, -0.15) is 0 Å². The summed E-state index contributed by atoms with van der Waals surface area (Å²) in [4.78, 5) is 18.3. The van der Waals surface area contributed by atoms with Gasteiger partial charge in [-0.1, -0.05) is 75.9 Å². The Balaban J connectivity index is 1.20. The van der Waals surface area contributed by atoms with Crippen LogP contribution in [0.5, 0.6) is 0 Å². The number of rotatable bonds is 19. The first-order chi connectivity index (χ1) is 21.1. The average molecular weight is 581 g/mol. The van der Waals surface area contributed by atoms with Crippen LogP contribution in [0.3, 0.4) is 0 Å². The summed E-state index contributed by atoms with van der Waals surface area (Å²) >= 11 is 0. The van der Waals surface area contributed by atoms with E-state index in [2.05, 4.69) is 62.0 Å². The van der Waals surface area contributed by atoms with E-state index in [4.69, 9.17) is 0 Å². The molecule has 2 heterocycles. The van der Waals surface area contributed by atoms with Crippen LogP contribution in [0, 0.1) is 5.92 Å². The lowest BCUT2D eigenvalue weighted by molar-refractivity contribution is 0.418. The fourth-order valence-electron chi connectivity index (χ4n) is 5.08. The van der Waals surface area contributed by atoms with Gasteiger partial charge >= 0.3 is 0 Å². The molecule has 0 aliphatic carbocycles. The van der Waals surface area contributed by atoms with Gasteiger partial charge < -0.3 is 21.3 Å². The number of hydrogen-bond acceptors (Lipinski definition) is 8. The number of aromatic nitrogens is 4. The largest absolute Gasteiger partial charge is 0.366 e. The van der Waals surface area contributed by atoms with Gasteiger partial charge in [-0.15, -0.1) is 0 Å². The molecule has 0 saturated heterocycles. The Hall–Kier alpha value is -4.20. The van der Waals surface area contributed by atoms with Gasteiger partial charge in [0.15, 0.2) is 0 Å². The first-order valence-electron chi connectivity index (χ1n) is 15.9. The average Bonchev–Trinajstić information content (AvgIpc) is 3.03. The second-order valence-corrected chi connectivity index (χ2v) is 11.6. The maximum atomic E-state index is 4.65. The van der Waals surface area contributed by atoms with Gasteiger partial charge in [0, 0.05) is 23.5 Å². The van der Waals surface area contributed by atoms with E-state index in [1.807, 2.05) is 66.9 Å². The lowest BCUT2D eigenvalue weighted by Crippen LogP contribution is -2.22. The third kappa shape index (κ3) is 11.9. The van der Waals surface area contributed by atoms with Crippen LogP contribution in [0.1, 0.15) is 78.6 Å². The third-order valence-electron chi connectivity index (χ3n) is 7.65. The molecule has 0 amide bonds. The Bertz CT molecular complexity index is 1280. The number of hydrogen-bond donors (Lipinski definition) is 4. The van der Waals surface area contributed by atoms with Crippen LogP contribution in [-0.4, -0.2) is 32.0 Å². The molecular weight excluding hydrogens is 532 g/mol. The topological polar surface area (TPSA) is 99.7 Å². The van der Waals surface area contributed by atoms with Crippen molar-refractivity contribution in [3.63, 3.8) is 0 Å². The molecule has 0 spiro atoms. The van der Waals surface area contributed by atoms with Crippen molar-refractivity contribution >= 4 is 34.6 Å². The molecule has 3 unspecified atom stereocenters. The van der Waals surface area contributed by atoms with Gasteiger partial charge in [0.05, 0.1) is 24.8 Å². The second-order valence-electron chi connectivity index (χ2n) is 11.6. The molecule has 0 aliphatic rings. The summed E-state index contributed by atoms with van der Waals surface area (Å²) in [7, 11) is 0. The highest BCUT2D eigenvalue weighted by atomic mass is 15.1. The van der Waals surface area contributed by atoms with Crippen molar-refractivity contribution in [2.45, 2.75) is 90.6 Å².